The SMILES string of the molecule is CC1CCCCCCCCCCOC(=O)N(CC(O)C(Cc2ccccc2)NC(=O)O[C@H]2CO[C@H]3OCC[C@H]32)C1. The van der Waals surface area contributed by atoms with Gasteiger partial charge in [-0.1, -0.05) is 82.2 Å². The maximum atomic E-state index is 13.1. The Labute approximate surface area is 238 Å². The van der Waals surface area contributed by atoms with Gasteiger partial charge in [0.15, 0.2) is 6.29 Å². The summed E-state index contributed by atoms with van der Waals surface area (Å²) in [6.45, 7) is 3.98. The van der Waals surface area contributed by atoms with Gasteiger partial charge in [-0.3, -0.25) is 0 Å². The van der Waals surface area contributed by atoms with Crippen LogP contribution in [0, 0.1) is 11.8 Å². The predicted molar refractivity (Wildman–Crippen MR) is 151 cm³/mol. The Kier molecular flexibility index (Phi) is 12.4. The third-order valence-electron chi connectivity index (χ3n) is 8.32. The number of alkyl carbamates (subject to hydrolysis) is 1. The number of fused-ring (bicyclic) bond motifs is 1. The second kappa shape index (κ2) is 16.2. The van der Waals surface area contributed by atoms with E-state index in [0.717, 1.165) is 37.7 Å². The number of nitrogens with one attached hydrogen (secondary N) is 1. The summed E-state index contributed by atoms with van der Waals surface area (Å²) in [6.07, 6.45) is 8.66. The molecule has 0 bridgehead atoms. The molecule has 9 heteroatoms. The zero-order chi connectivity index (χ0) is 28.2. The number of aliphatic hydroxyl groups excluding tert-OH is 1. The van der Waals surface area contributed by atoms with E-state index in [0.29, 0.717) is 32.8 Å². The smallest absolute Gasteiger partial charge is 0.409 e. The largest absolute Gasteiger partial charge is 0.449 e. The highest BCUT2D eigenvalue weighted by Crippen LogP contribution is 2.33. The molecule has 0 saturated carbocycles. The minimum Gasteiger partial charge on any atom is -0.449 e. The fourth-order valence-corrected chi connectivity index (χ4v) is 5.97. The van der Waals surface area contributed by atoms with E-state index in [1.54, 1.807) is 4.90 Å². The highest BCUT2D eigenvalue weighted by Gasteiger charge is 2.44. The molecule has 6 atom stereocenters. The first-order chi connectivity index (χ1) is 19.5. The number of nitrogens with zero attached hydrogens (tertiary/aromatic N) is 1. The van der Waals surface area contributed by atoms with Crippen molar-refractivity contribution in [2.75, 3.05) is 32.9 Å². The van der Waals surface area contributed by atoms with Crippen LogP contribution in [0.25, 0.3) is 0 Å². The topological polar surface area (TPSA) is 107 Å². The Morgan fingerprint density at radius 1 is 1.02 bits per heavy atom. The summed E-state index contributed by atoms with van der Waals surface area (Å²) in [5.74, 6) is 0.305. The molecule has 0 spiro atoms. The second-order valence-electron chi connectivity index (χ2n) is 11.7. The zero-order valence-corrected chi connectivity index (χ0v) is 24.0. The molecule has 2 N–H and O–H groups in total. The Morgan fingerprint density at radius 3 is 2.52 bits per heavy atom. The standard InChI is InChI=1S/C31H48N2O7/c1-23-13-9-6-4-2-3-5-7-12-17-38-31(36)33(20-23)21-27(34)26(19-24-14-10-8-11-15-24)32-30(35)40-28-22-39-29-25(28)16-18-37-29/h8,10-11,14-15,23,25-29,34H,2-7,9,12-13,16-22H2,1H3,(H,32,35)/t23?,25-,26?,27?,28-,29+/m0/s1. The van der Waals surface area contributed by atoms with Gasteiger partial charge in [0.1, 0.15) is 6.10 Å². The second-order valence-corrected chi connectivity index (χ2v) is 11.7. The Bertz CT molecular complexity index is 901. The number of hydrogen-bond acceptors (Lipinski definition) is 7. The maximum absolute atomic E-state index is 13.1. The van der Waals surface area contributed by atoms with Gasteiger partial charge in [0.05, 0.1) is 44.4 Å². The molecule has 2 amide bonds. The lowest BCUT2D eigenvalue weighted by molar-refractivity contribution is -0.0907. The van der Waals surface area contributed by atoms with Gasteiger partial charge in [0.2, 0.25) is 0 Å². The fourth-order valence-electron chi connectivity index (χ4n) is 5.97. The molecule has 0 radical (unpaired) electrons. The van der Waals surface area contributed by atoms with Crippen molar-refractivity contribution in [1.29, 1.82) is 0 Å². The quantitative estimate of drug-likeness (QED) is 0.481. The van der Waals surface area contributed by atoms with Gasteiger partial charge in [-0.15, -0.1) is 0 Å². The molecule has 0 aliphatic carbocycles. The van der Waals surface area contributed by atoms with Gasteiger partial charge < -0.3 is 34.3 Å². The lowest BCUT2D eigenvalue weighted by Crippen LogP contribution is -2.52. The first kappa shape index (κ1) is 30.6. The minimum atomic E-state index is -1.02. The molecule has 4 rings (SSSR count). The number of amides is 2. The fraction of sp³-hybridized carbons (Fsp3) is 0.742. The molecular formula is C31H48N2O7. The molecule has 3 heterocycles. The van der Waals surface area contributed by atoms with E-state index in [2.05, 4.69) is 12.2 Å². The van der Waals surface area contributed by atoms with E-state index in [1.165, 1.54) is 32.1 Å². The van der Waals surface area contributed by atoms with Gasteiger partial charge in [0, 0.05) is 6.54 Å². The van der Waals surface area contributed by atoms with Crippen LogP contribution in [0.5, 0.6) is 0 Å². The molecule has 3 unspecified atom stereocenters. The van der Waals surface area contributed by atoms with Crippen molar-refractivity contribution >= 4 is 12.2 Å². The molecule has 224 valence electrons. The predicted octanol–water partition coefficient (Wildman–Crippen LogP) is 5.05. The van der Waals surface area contributed by atoms with E-state index in [-0.39, 0.29) is 30.8 Å². The molecule has 1 aromatic rings. The van der Waals surface area contributed by atoms with Crippen LogP contribution in [0.3, 0.4) is 0 Å². The van der Waals surface area contributed by atoms with Gasteiger partial charge in [-0.25, -0.2) is 9.59 Å². The first-order valence-electron chi connectivity index (χ1n) is 15.3. The highest BCUT2D eigenvalue weighted by molar-refractivity contribution is 5.69. The van der Waals surface area contributed by atoms with Crippen LogP contribution in [0.1, 0.15) is 76.7 Å². The molecular weight excluding hydrogens is 512 g/mol. The molecule has 3 aliphatic heterocycles. The van der Waals surface area contributed by atoms with Crippen LogP contribution >= 0.6 is 0 Å². The van der Waals surface area contributed by atoms with Crippen molar-refractivity contribution in [2.24, 2.45) is 11.8 Å². The normalized spacial score (nSPS) is 28.4. The Balaban J connectivity index is 1.40. The van der Waals surface area contributed by atoms with E-state index in [4.69, 9.17) is 18.9 Å². The lowest BCUT2D eigenvalue weighted by Gasteiger charge is -2.31. The molecule has 9 nitrogen and oxygen atoms in total. The van der Waals surface area contributed by atoms with Gasteiger partial charge >= 0.3 is 12.2 Å². The summed E-state index contributed by atoms with van der Waals surface area (Å²) in [5, 5.41) is 14.3. The number of carbonyl (C=O) groups excluding carboxylic acids is 2. The van der Waals surface area contributed by atoms with Gasteiger partial charge in [-0.2, -0.15) is 0 Å². The van der Waals surface area contributed by atoms with Crippen LogP contribution in [0.2, 0.25) is 0 Å². The van der Waals surface area contributed by atoms with Crippen molar-refractivity contribution in [1.82, 2.24) is 10.2 Å². The van der Waals surface area contributed by atoms with Crippen molar-refractivity contribution in [3.05, 3.63) is 35.9 Å². The average molecular weight is 561 g/mol. The van der Waals surface area contributed by atoms with Gasteiger partial charge in [-0.05, 0) is 37.2 Å². The molecule has 0 aromatic heterocycles. The van der Waals surface area contributed by atoms with E-state index in [1.807, 2.05) is 30.3 Å². The van der Waals surface area contributed by atoms with Crippen molar-refractivity contribution in [3.63, 3.8) is 0 Å². The Morgan fingerprint density at radius 2 is 1.75 bits per heavy atom. The van der Waals surface area contributed by atoms with Crippen LogP contribution in [0.4, 0.5) is 9.59 Å². The number of benzene rings is 1. The molecule has 40 heavy (non-hydrogen) atoms. The average Bonchev–Trinajstić information content (AvgIpc) is 3.56. The molecule has 1 aromatic carbocycles. The zero-order valence-electron chi connectivity index (χ0n) is 24.0. The van der Waals surface area contributed by atoms with Crippen LogP contribution < -0.4 is 5.32 Å². The number of ether oxygens (including phenoxy) is 4. The summed E-state index contributed by atoms with van der Waals surface area (Å²) in [7, 11) is 0. The van der Waals surface area contributed by atoms with Crippen molar-refractivity contribution in [3.8, 4) is 0 Å². The summed E-state index contributed by atoms with van der Waals surface area (Å²) in [4.78, 5) is 27.7. The molecule has 3 saturated heterocycles. The Hall–Kier alpha value is -2.36. The van der Waals surface area contributed by atoms with E-state index in [9.17, 15) is 14.7 Å². The number of cyclic esters (lactones) is 1. The van der Waals surface area contributed by atoms with Gasteiger partial charge in [0.25, 0.3) is 0 Å². The number of rotatable bonds is 7. The number of hydrogen-bond donors (Lipinski definition) is 2. The third kappa shape index (κ3) is 9.63. The molecule has 3 aliphatic rings. The summed E-state index contributed by atoms with van der Waals surface area (Å²) in [5.41, 5.74) is 0.966. The van der Waals surface area contributed by atoms with Crippen molar-refractivity contribution in [2.45, 2.75) is 102 Å². The summed E-state index contributed by atoms with van der Waals surface area (Å²) in [6, 6.07) is 9.03. The van der Waals surface area contributed by atoms with Crippen LogP contribution in [-0.4, -0.2) is 79.6 Å². The first-order valence-corrected chi connectivity index (χ1v) is 15.3. The van der Waals surface area contributed by atoms with E-state index < -0.39 is 24.3 Å². The monoisotopic (exact) mass is 560 g/mol. The number of carbonyl (C=O) groups is 2. The lowest BCUT2D eigenvalue weighted by atomic mass is 9.99. The number of aliphatic hydroxyl groups is 1. The minimum absolute atomic E-state index is 0.0274. The maximum Gasteiger partial charge on any atom is 0.409 e. The summed E-state index contributed by atoms with van der Waals surface area (Å²) >= 11 is 0. The highest BCUT2D eigenvalue weighted by atomic mass is 16.7. The third-order valence-corrected chi connectivity index (χ3v) is 8.32. The van der Waals surface area contributed by atoms with Crippen LogP contribution in [-0.2, 0) is 25.4 Å². The summed E-state index contributed by atoms with van der Waals surface area (Å²) < 4.78 is 22.5. The number of β-amino-alcohol motifs (C(OH)–C–C–N with tert-alkyl or cyclic N) is 1. The van der Waals surface area contributed by atoms with Crippen molar-refractivity contribution < 1.29 is 33.6 Å². The van der Waals surface area contributed by atoms with Crippen LogP contribution in [0.15, 0.2) is 30.3 Å². The van der Waals surface area contributed by atoms with E-state index >= 15 is 0 Å². The molecule has 3 fully saturated rings.